The van der Waals surface area contributed by atoms with Crippen molar-refractivity contribution in [3.05, 3.63) is 30.3 Å². The minimum absolute atomic E-state index is 0.107. The second kappa shape index (κ2) is 6.05. The topological polar surface area (TPSA) is 26.3 Å². The second-order valence-corrected chi connectivity index (χ2v) is 9.38. The molecule has 106 valence electrons. The van der Waals surface area contributed by atoms with Crippen LogP contribution in [0.3, 0.4) is 0 Å². The molecule has 0 fully saturated rings. The Labute approximate surface area is 118 Å². The number of para-hydroxylation sites is 1. The minimum Gasteiger partial charge on any atom is -0.426 e. The molecular weight excluding hydrogens is 255 g/mol. The largest absolute Gasteiger partial charge is 0.426 e. The molecule has 1 aromatic rings. The summed E-state index contributed by atoms with van der Waals surface area (Å²) in [6.07, 6.45) is 0.838. The lowest BCUT2D eigenvalue weighted by molar-refractivity contribution is -0.137. The van der Waals surface area contributed by atoms with Gasteiger partial charge in [-0.3, -0.25) is 4.79 Å². The van der Waals surface area contributed by atoms with Crippen LogP contribution < -0.4 is 4.74 Å². The molecule has 0 amide bonds. The van der Waals surface area contributed by atoms with Gasteiger partial charge in [-0.2, -0.15) is 0 Å². The van der Waals surface area contributed by atoms with Gasteiger partial charge in [-0.05, 0) is 44.2 Å². The van der Waals surface area contributed by atoms with E-state index in [0.29, 0.717) is 5.75 Å². The van der Waals surface area contributed by atoms with E-state index in [1.165, 1.54) is 0 Å². The first-order valence-corrected chi connectivity index (χ1v) is 8.83. The van der Waals surface area contributed by atoms with Gasteiger partial charge < -0.3 is 4.74 Å². The predicted molar refractivity (Wildman–Crippen MR) is 83.3 cm³/mol. The fourth-order valence-electron chi connectivity index (χ4n) is 2.15. The summed E-state index contributed by atoms with van der Waals surface area (Å²) in [5.74, 6) is 0.522. The van der Waals surface area contributed by atoms with Gasteiger partial charge in [0.2, 0.25) is 0 Å². The fraction of sp³-hybridized carbons (Fsp3) is 0.562. The third kappa shape index (κ3) is 4.62. The van der Waals surface area contributed by atoms with Gasteiger partial charge in [-0.15, -0.1) is 0 Å². The molecule has 0 bridgehead atoms. The number of hydrogen-bond donors (Lipinski definition) is 0. The van der Waals surface area contributed by atoms with Crippen LogP contribution in [-0.2, 0) is 4.79 Å². The number of hydrogen-bond acceptors (Lipinski definition) is 2. The Hall–Kier alpha value is -0.880. The highest BCUT2D eigenvalue weighted by Gasteiger charge is 2.41. The highest BCUT2D eigenvalue weighted by Crippen LogP contribution is 2.50. The lowest BCUT2D eigenvalue weighted by Gasteiger charge is -2.36. The molecule has 0 aliphatic heterocycles. The Bertz CT molecular complexity index is 420. The summed E-state index contributed by atoms with van der Waals surface area (Å²) in [7, 11) is -0.420. The van der Waals surface area contributed by atoms with Crippen molar-refractivity contribution < 1.29 is 9.53 Å². The highest BCUT2D eigenvalue weighted by molar-refractivity contribution is 7.58. The van der Waals surface area contributed by atoms with Crippen LogP contribution in [0.15, 0.2) is 30.3 Å². The summed E-state index contributed by atoms with van der Waals surface area (Å²) in [4.78, 5) is 12.5. The molecule has 1 rings (SSSR count). The third-order valence-electron chi connectivity index (χ3n) is 3.26. The maximum atomic E-state index is 12.5. The molecule has 0 saturated carbocycles. The van der Waals surface area contributed by atoms with Gasteiger partial charge in [0, 0.05) is 0 Å². The molecule has 0 spiro atoms. The molecule has 3 heteroatoms. The molecule has 0 aliphatic rings. The molecule has 0 radical (unpaired) electrons. The summed E-state index contributed by atoms with van der Waals surface area (Å²) >= 11 is 0. The number of carbonyl (C=O) groups excluding carboxylic acids is 1. The van der Waals surface area contributed by atoms with Crippen LogP contribution in [0.5, 0.6) is 5.75 Å². The lowest BCUT2D eigenvalue weighted by Crippen LogP contribution is -2.40. The minimum atomic E-state index is -0.420. The number of rotatable bonds is 4. The van der Waals surface area contributed by atoms with Gasteiger partial charge in [0.1, 0.15) is 5.75 Å². The van der Waals surface area contributed by atoms with Crippen molar-refractivity contribution in [3.63, 3.8) is 0 Å². The van der Waals surface area contributed by atoms with Gasteiger partial charge in [0.05, 0.1) is 5.16 Å². The molecule has 0 N–H and O–H groups in total. The predicted octanol–water partition coefficient (Wildman–Crippen LogP) is 4.53. The summed E-state index contributed by atoms with van der Waals surface area (Å²) in [6, 6.07) is 9.32. The zero-order valence-electron chi connectivity index (χ0n) is 12.9. The van der Waals surface area contributed by atoms with E-state index in [0.717, 1.165) is 6.42 Å². The van der Waals surface area contributed by atoms with Crippen molar-refractivity contribution >= 4 is 13.9 Å². The van der Waals surface area contributed by atoms with E-state index in [1.807, 2.05) is 37.3 Å². The van der Waals surface area contributed by atoms with Gasteiger partial charge in [-0.25, -0.2) is 0 Å². The first-order chi connectivity index (χ1) is 8.65. The number of esters is 1. The average molecular weight is 280 g/mol. The zero-order chi connectivity index (χ0) is 14.7. The van der Waals surface area contributed by atoms with Crippen LogP contribution in [0.2, 0.25) is 0 Å². The molecule has 2 nitrogen and oxygen atoms in total. The van der Waals surface area contributed by atoms with Gasteiger partial charge in [0.15, 0.2) is 0 Å². The summed E-state index contributed by atoms with van der Waals surface area (Å²) in [5, 5.41) is -0.399. The molecule has 0 aliphatic carbocycles. The number of carbonyl (C=O) groups is 1. The van der Waals surface area contributed by atoms with Crippen molar-refractivity contribution in [2.75, 3.05) is 13.3 Å². The van der Waals surface area contributed by atoms with Crippen LogP contribution in [0.4, 0.5) is 0 Å². The van der Waals surface area contributed by atoms with E-state index < -0.39 is 13.1 Å². The van der Waals surface area contributed by atoms with Crippen LogP contribution in [-0.4, -0.2) is 24.5 Å². The first kappa shape index (κ1) is 16.2. The summed E-state index contributed by atoms with van der Waals surface area (Å²) in [6.45, 7) is 12.8. The first-order valence-electron chi connectivity index (χ1n) is 6.60. The Balaban J connectivity index is 2.90. The normalized spacial score (nSPS) is 15.1. The summed E-state index contributed by atoms with van der Waals surface area (Å²) < 4.78 is 5.56. The van der Waals surface area contributed by atoms with Crippen molar-refractivity contribution in [3.8, 4) is 5.75 Å². The quantitative estimate of drug-likeness (QED) is 0.460. The Kier molecular flexibility index (Phi) is 5.15. The van der Waals surface area contributed by atoms with E-state index in [-0.39, 0.29) is 11.4 Å². The lowest BCUT2D eigenvalue weighted by atomic mass is 9.85. The smallest absolute Gasteiger partial charge is 0.321 e. The maximum Gasteiger partial charge on any atom is 0.321 e. The summed E-state index contributed by atoms with van der Waals surface area (Å²) in [5.41, 5.74) is 0.108. The SMILES string of the molecule is CP(C)C(C)(CC(C)(C)C)C(=O)Oc1ccccc1. The molecule has 19 heavy (non-hydrogen) atoms. The standard InChI is InChI=1S/C16H25O2P/c1-15(2,3)12-16(4,19(5)6)14(17)18-13-10-8-7-9-11-13/h7-11H,12H2,1-6H3. The van der Waals surface area contributed by atoms with Crippen molar-refractivity contribution in [2.24, 2.45) is 5.41 Å². The van der Waals surface area contributed by atoms with Crippen LogP contribution in [0.25, 0.3) is 0 Å². The number of ether oxygens (including phenoxy) is 1. The van der Waals surface area contributed by atoms with Crippen molar-refractivity contribution in [1.29, 1.82) is 0 Å². The van der Waals surface area contributed by atoms with E-state index >= 15 is 0 Å². The van der Waals surface area contributed by atoms with Gasteiger partial charge >= 0.3 is 5.97 Å². The van der Waals surface area contributed by atoms with E-state index in [9.17, 15) is 4.79 Å². The molecule has 0 saturated heterocycles. The molecule has 1 atom stereocenters. The van der Waals surface area contributed by atoms with E-state index in [2.05, 4.69) is 34.1 Å². The molecular formula is C16H25O2P. The van der Waals surface area contributed by atoms with Gasteiger partial charge in [-0.1, -0.05) is 46.9 Å². The van der Waals surface area contributed by atoms with Crippen LogP contribution in [0.1, 0.15) is 34.1 Å². The third-order valence-corrected chi connectivity index (χ3v) is 5.57. The number of benzene rings is 1. The monoisotopic (exact) mass is 280 g/mol. The second-order valence-electron chi connectivity index (χ2n) is 6.61. The fourth-order valence-corrected chi connectivity index (χ4v) is 3.35. The Morgan fingerprint density at radius 1 is 1.11 bits per heavy atom. The molecule has 1 aromatic carbocycles. The van der Waals surface area contributed by atoms with Gasteiger partial charge in [0.25, 0.3) is 0 Å². The molecule has 0 aromatic heterocycles. The maximum absolute atomic E-state index is 12.5. The Morgan fingerprint density at radius 3 is 2.05 bits per heavy atom. The van der Waals surface area contributed by atoms with Crippen LogP contribution >= 0.6 is 7.92 Å². The zero-order valence-corrected chi connectivity index (χ0v) is 13.8. The van der Waals surface area contributed by atoms with E-state index in [4.69, 9.17) is 4.74 Å². The van der Waals surface area contributed by atoms with E-state index in [1.54, 1.807) is 0 Å². The molecule has 0 heterocycles. The Morgan fingerprint density at radius 2 is 1.63 bits per heavy atom. The molecule has 1 unspecified atom stereocenters. The van der Waals surface area contributed by atoms with Crippen molar-refractivity contribution in [1.82, 2.24) is 0 Å². The average Bonchev–Trinajstić information content (AvgIpc) is 2.27. The highest BCUT2D eigenvalue weighted by atomic mass is 31.1. The van der Waals surface area contributed by atoms with Crippen molar-refractivity contribution in [2.45, 2.75) is 39.3 Å². The van der Waals surface area contributed by atoms with Crippen LogP contribution in [0, 0.1) is 5.41 Å².